The lowest BCUT2D eigenvalue weighted by Crippen LogP contribution is -2.17. The van der Waals surface area contributed by atoms with Crippen molar-refractivity contribution in [3.63, 3.8) is 0 Å². The number of ether oxygens (including phenoxy) is 2. The van der Waals surface area contributed by atoms with Gasteiger partial charge >= 0.3 is 5.97 Å². The van der Waals surface area contributed by atoms with Crippen LogP contribution in [-0.2, 0) is 4.74 Å². The fraction of sp³-hybridized carbons (Fsp3) is 0.312. The number of carbonyl (C=O) groups is 2. The fourth-order valence-electron chi connectivity index (χ4n) is 2.24. The SMILES string of the molecule is COC(=O)c1ccsc1NC(=O)c1ccnc(O[C@@H]2CCSC2)c1. The Morgan fingerprint density at radius 3 is 3.00 bits per heavy atom. The molecule has 126 valence electrons. The molecule has 2 aromatic heterocycles. The summed E-state index contributed by atoms with van der Waals surface area (Å²) in [5, 5.41) is 4.91. The molecular weight excluding hydrogens is 348 g/mol. The molecule has 1 amide bonds. The summed E-state index contributed by atoms with van der Waals surface area (Å²) in [6.45, 7) is 0. The molecule has 2 aromatic rings. The van der Waals surface area contributed by atoms with Crippen LogP contribution < -0.4 is 10.1 Å². The van der Waals surface area contributed by atoms with Crippen molar-refractivity contribution in [3.05, 3.63) is 40.9 Å². The number of hydrogen-bond donors (Lipinski definition) is 1. The maximum atomic E-state index is 12.4. The molecule has 0 aromatic carbocycles. The van der Waals surface area contributed by atoms with Crippen LogP contribution in [0, 0.1) is 0 Å². The Balaban J connectivity index is 1.71. The summed E-state index contributed by atoms with van der Waals surface area (Å²) in [5.41, 5.74) is 0.763. The minimum atomic E-state index is -0.482. The van der Waals surface area contributed by atoms with E-state index in [-0.39, 0.29) is 12.0 Å². The number of thiophene rings is 1. The topological polar surface area (TPSA) is 77.5 Å². The molecule has 1 atom stereocenters. The Kier molecular flexibility index (Phi) is 5.37. The molecule has 1 fully saturated rings. The molecule has 0 radical (unpaired) electrons. The third-order valence-electron chi connectivity index (χ3n) is 3.47. The van der Waals surface area contributed by atoms with Crippen LogP contribution in [0.25, 0.3) is 0 Å². The average Bonchev–Trinajstić information content (AvgIpc) is 3.26. The van der Waals surface area contributed by atoms with E-state index in [1.165, 1.54) is 18.4 Å². The number of aromatic nitrogens is 1. The van der Waals surface area contributed by atoms with Crippen molar-refractivity contribution in [2.24, 2.45) is 0 Å². The summed E-state index contributed by atoms with van der Waals surface area (Å²) in [6, 6.07) is 4.84. The number of hydrogen-bond acceptors (Lipinski definition) is 7. The van der Waals surface area contributed by atoms with Crippen LogP contribution in [0.3, 0.4) is 0 Å². The second kappa shape index (κ2) is 7.67. The molecule has 1 aliphatic rings. The van der Waals surface area contributed by atoms with Gasteiger partial charge in [0.2, 0.25) is 5.88 Å². The molecule has 0 spiro atoms. The number of amides is 1. The maximum Gasteiger partial charge on any atom is 0.340 e. The molecule has 0 bridgehead atoms. The summed E-state index contributed by atoms with van der Waals surface area (Å²) < 4.78 is 10.5. The second-order valence-electron chi connectivity index (χ2n) is 5.10. The van der Waals surface area contributed by atoms with Crippen molar-refractivity contribution < 1.29 is 19.1 Å². The highest BCUT2D eigenvalue weighted by Crippen LogP contribution is 2.25. The summed E-state index contributed by atoms with van der Waals surface area (Å²) >= 11 is 3.11. The number of pyridine rings is 1. The molecule has 24 heavy (non-hydrogen) atoms. The second-order valence-corrected chi connectivity index (χ2v) is 7.16. The van der Waals surface area contributed by atoms with E-state index in [0.29, 0.717) is 22.0 Å². The van der Waals surface area contributed by atoms with E-state index in [1.807, 2.05) is 11.8 Å². The lowest BCUT2D eigenvalue weighted by molar-refractivity contribution is 0.0602. The highest BCUT2D eigenvalue weighted by Gasteiger charge is 2.19. The van der Waals surface area contributed by atoms with Gasteiger partial charge in [-0.05, 0) is 29.7 Å². The molecule has 3 heterocycles. The number of carbonyl (C=O) groups excluding carboxylic acids is 2. The standard InChI is InChI=1S/C16H16N2O4S2/c1-21-16(20)12-4-7-24-15(12)18-14(19)10-2-5-17-13(8-10)22-11-3-6-23-9-11/h2,4-5,7-8,11H,3,6,9H2,1H3,(H,18,19)/t11-/m1/s1. The van der Waals surface area contributed by atoms with Gasteiger partial charge in [0.1, 0.15) is 11.1 Å². The van der Waals surface area contributed by atoms with Crippen molar-refractivity contribution in [2.75, 3.05) is 23.9 Å². The van der Waals surface area contributed by atoms with Crippen molar-refractivity contribution in [3.8, 4) is 5.88 Å². The average molecular weight is 364 g/mol. The van der Waals surface area contributed by atoms with E-state index in [4.69, 9.17) is 9.47 Å². The Hall–Kier alpha value is -2.06. The van der Waals surface area contributed by atoms with E-state index < -0.39 is 5.97 Å². The molecule has 1 saturated heterocycles. The van der Waals surface area contributed by atoms with Gasteiger partial charge in [0.25, 0.3) is 5.91 Å². The van der Waals surface area contributed by atoms with Crippen molar-refractivity contribution in [1.82, 2.24) is 4.98 Å². The van der Waals surface area contributed by atoms with E-state index in [0.717, 1.165) is 17.9 Å². The molecule has 0 unspecified atom stereocenters. The molecule has 0 aliphatic carbocycles. The van der Waals surface area contributed by atoms with Crippen LogP contribution in [0.5, 0.6) is 5.88 Å². The number of esters is 1. The highest BCUT2D eigenvalue weighted by atomic mass is 32.2. The van der Waals surface area contributed by atoms with Crippen LogP contribution >= 0.6 is 23.1 Å². The van der Waals surface area contributed by atoms with Gasteiger partial charge in [0, 0.05) is 23.6 Å². The lowest BCUT2D eigenvalue weighted by atomic mass is 10.2. The first-order valence-electron chi connectivity index (χ1n) is 7.35. The number of nitrogens with one attached hydrogen (secondary N) is 1. The minimum Gasteiger partial charge on any atom is -0.473 e. The Bertz CT molecular complexity index is 741. The molecule has 1 aliphatic heterocycles. The molecule has 3 rings (SSSR count). The molecule has 1 N–H and O–H groups in total. The zero-order valence-corrected chi connectivity index (χ0v) is 14.6. The Morgan fingerprint density at radius 2 is 2.25 bits per heavy atom. The van der Waals surface area contributed by atoms with E-state index in [2.05, 4.69) is 10.3 Å². The summed E-state index contributed by atoms with van der Waals surface area (Å²) in [6.07, 6.45) is 2.67. The van der Waals surface area contributed by atoms with E-state index >= 15 is 0 Å². The number of thioether (sulfide) groups is 1. The third kappa shape index (κ3) is 3.88. The van der Waals surface area contributed by atoms with Crippen molar-refractivity contribution >= 4 is 40.0 Å². The minimum absolute atomic E-state index is 0.143. The third-order valence-corrected chi connectivity index (χ3v) is 5.43. The smallest absolute Gasteiger partial charge is 0.340 e. The Morgan fingerprint density at radius 1 is 1.38 bits per heavy atom. The molecule has 6 nitrogen and oxygen atoms in total. The fourth-order valence-corrected chi connectivity index (χ4v) is 4.11. The first-order valence-corrected chi connectivity index (χ1v) is 9.38. The van der Waals surface area contributed by atoms with Gasteiger partial charge in [0.05, 0.1) is 12.7 Å². The zero-order chi connectivity index (χ0) is 16.9. The monoisotopic (exact) mass is 364 g/mol. The predicted octanol–water partition coefficient (Wildman–Crippen LogP) is 3.07. The summed E-state index contributed by atoms with van der Waals surface area (Å²) in [5.74, 6) is 1.66. The summed E-state index contributed by atoms with van der Waals surface area (Å²) in [7, 11) is 1.30. The van der Waals surface area contributed by atoms with Crippen LogP contribution in [0.4, 0.5) is 5.00 Å². The van der Waals surface area contributed by atoms with Gasteiger partial charge in [0.15, 0.2) is 0 Å². The Labute approximate surface area is 147 Å². The quantitative estimate of drug-likeness (QED) is 0.822. The molecule has 8 heteroatoms. The number of anilines is 1. The molecular formula is C16H16N2O4S2. The van der Waals surface area contributed by atoms with Gasteiger partial charge in [-0.3, -0.25) is 4.79 Å². The summed E-state index contributed by atoms with van der Waals surface area (Å²) in [4.78, 5) is 28.2. The van der Waals surface area contributed by atoms with Gasteiger partial charge in [-0.15, -0.1) is 11.3 Å². The van der Waals surface area contributed by atoms with Gasteiger partial charge < -0.3 is 14.8 Å². The van der Waals surface area contributed by atoms with Gasteiger partial charge in [-0.1, -0.05) is 0 Å². The van der Waals surface area contributed by atoms with Crippen LogP contribution in [0.15, 0.2) is 29.8 Å². The number of rotatable bonds is 5. The zero-order valence-electron chi connectivity index (χ0n) is 13.0. The van der Waals surface area contributed by atoms with Crippen LogP contribution in [-0.4, -0.2) is 41.6 Å². The largest absolute Gasteiger partial charge is 0.473 e. The predicted molar refractivity (Wildman–Crippen MR) is 94.2 cm³/mol. The van der Waals surface area contributed by atoms with Crippen molar-refractivity contribution in [2.45, 2.75) is 12.5 Å². The van der Waals surface area contributed by atoms with E-state index in [9.17, 15) is 9.59 Å². The van der Waals surface area contributed by atoms with Gasteiger partial charge in [-0.25, -0.2) is 9.78 Å². The lowest BCUT2D eigenvalue weighted by Gasteiger charge is -2.12. The number of methoxy groups -OCH3 is 1. The van der Waals surface area contributed by atoms with Crippen molar-refractivity contribution in [1.29, 1.82) is 0 Å². The highest BCUT2D eigenvalue weighted by molar-refractivity contribution is 7.99. The molecule has 0 saturated carbocycles. The first kappa shape index (κ1) is 16.8. The van der Waals surface area contributed by atoms with E-state index in [1.54, 1.807) is 29.8 Å². The van der Waals surface area contributed by atoms with Crippen LogP contribution in [0.1, 0.15) is 27.1 Å². The first-order chi connectivity index (χ1) is 11.7. The van der Waals surface area contributed by atoms with Gasteiger partial charge in [-0.2, -0.15) is 11.8 Å². The number of nitrogens with zero attached hydrogens (tertiary/aromatic N) is 1. The maximum absolute atomic E-state index is 12.4. The van der Waals surface area contributed by atoms with Crippen LogP contribution in [0.2, 0.25) is 0 Å². The normalized spacial score (nSPS) is 16.6.